The van der Waals surface area contributed by atoms with E-state index in [1.165, 1.54) is 0 Å². The van der Waals surface area contributed by atoms with Gasteiger partial charge in [-0.3, -0.25) is 0 Å². The van der Waals surface area contributed by atoms with Gasteiger partial charge in [0.1, 0.15) is 5.82 Å². The molecule has 0 aliphatic carbocycles. The summed E-state index contributed by atoms with van der Waals surface area (Å²) in [6, 6.07) is 13.5. The summed E-state index contributed by atoms with van der Waals surface area (Å²) in [7, 11) is 0. The number of aryl methyl sites for hydroxylation is 1. The molecule has 0 aromatic heterocycles. The molecule has 100 valence electrons. The SMILES string of the molecule is CCC(Nc1ccc(C)cc1F)c1ccc(Br)cc1. The average molecular weight is 322 g/mol. The van der Waals surface area contributed by atoms with Crippen molar-refractivity contribution in [3.8, 4) is 0 Å². The van der Waals surface area contributed by atoms with Crippen LogP contribution in [0.2, 0.25) is 0 Å². The summed E-state index contributed by atoms with van der Waals surface area (Å²) in [6.07, 6.45) is 0.898. The fourth-order valence-electron chi connectivity index (χ4n) is 2.04. The van der Waals surface area contributed by atoms with Crippen molar-refractivity contribution in [3.63, 3.8) is 0 Å². The lowest BCUT2D eigenvalue weighted by atomic mass is 10.0. The smallest absolute Gasteiger partial charge is 0.146 e. The summed E-state index contributed by atoms with van der Waals surface area (Å²) >= 11 is 3.42. The zero-order valence-electron chi connectivity index (χ0n) is 11.1. The minimum atomic E-state index is -0.199. The first-order valence-electron chi connectivity index (χ1n) is 6.38. The van der Waals surface area contributed by atoms with E-state index in [4.69, 9.17) is 0 Å². The summed E-state index contributed by atoms with van der Waals surface area (Å²) in [4.78, 5) is 0. The Morgan fingerprint density at radius 1 is 1.16 bits per heavy atom. The molecule has 0 aliphatic heterocycles. The second-order valence-corrected chi connectivity index (χ2v) is 5.56. The van der Waals surface area contributed by atoms with Crippen LogP contribution in [0.5, 0.6) is 0 Å². The van der Waals surface area contributed by atoms with Crippen LogP contribution >= 0.6 is 15.9 Å². The maximum Gasteiger partial charge on any atom is 0.146 e. The standard InChI is InChI=1S/C16H17BrFN/c1-3-15(12-5-7-13(17)8-6-12)19-16-9-4-11(2)10-14(16)18/h4-10,15,19H,3H2,1-2H3. The fourth-order valence-corrected chi connectivity index (χ4v) is 2.31. The van der Waals surface area contributed by atoms with Gasteiger partial charge in [-0.15, -0.1) is 0 Å². The van der Waals surface area contributed by atoms with Gasteiger partial charge < -0.3 is 5.32 Å². The Morgan fingerprint density at radius 2 is 1.84 bits per heavy atom. The van der Waals surface area contributed by atoms with Crippen LogP contribution in [0.4, 0.5) is 10.1 Å². The lowest BCUT2D eigenvalue weighted by Gasteiger charge is -2.19. The molecule has 0 amide bonds. The number of rotatable bonds is 4. The molecular weight excluding hydrogens is 305 g/mol. The molecule has 19 heavy (non-hydrogen) atoms. The van der Waals surface area contributed by atoms with Crippen LogP contribution in [0.1, 0.15) is 30.5 Å². The van der Waals surface area contributed by atoms with Gasteiger partial charge in [0.05, 0.1) is 11.7 Å². The molecule has 0 fully saturated rings. The van der Waals surface area contributed by atoms with Crippen LogP contribution in [0, 0.1) is 12.7 Å². The maximum atomic E-state index is 13.9. The number of anilines is 1. The largest absolute Gasteiger partial charge is 0.376 e. The van der Waals surface area contributed by atoms with E-state index in [1.54, 1.807) is 12.1 Å². The minimum absolute atomic E-state index is 0.116. The van der Waals surface area contributed by atoms with Crippen molar-refractivity contribution in [2.45, 2.75) is 26.3 Å². The van der Waals surface area contributed by atoms with Crippen LogP contribution < -0.4 is 5.32 Å². The number of hydrogen-bond donors (Lipinski definition) is 1. The number of halogens is 2. The molecule has 0 saturated carbocycles. The molecule has 0 bridgehead atoms. The molecule has 2 aromatic rings. The van der Waals surface area contributed by atoms with Crippen molar-refractivity contribution in [1.82, 2.24) is 0 Å². The van der Waals surface area contributed by atoms with Gasteiger partial charge >= 0.3 is 0 Å². The Balaban J connectivity index is 2.21. The fraction of sp³-hybridized carbons (Fsp3) is 0.250. The number of hydrogen-bond acceptors (Lipinski definition) is 1. The lowest BCUT2D eigenvalue weighted by molar-refractivity contribution is 0.622. The van der Waals surface area contributed by atoms with Crippen LogP contribution in [0.25, 0.3) is 0 Å². The first-order chi connectivity index (χ1) is 9.10. The Labute approximate surface area is 122 Å². The second-order valence-electron chi connectivity index (χ2n) is 4.64. The van der Waals surface area contributed by atoms with E-state index in [9.17, 15) is 4.39 Å². The highest BCUT2D eigenvalue weighted by Crippen LogP contribution is 2.25. The third kappa shape index (κ3) is 3.57. The van der Waals surface area contributed by atoms with Crippen LogP contribution in [0.15, 0.2) is 46.9 Å². The topological polar surface area (TPSA) is 12.0 Å². The van der Waals surface area contributed by atoms with E-state index in [0.717, 1.165) is 22.0 Å². The molecule has 0 aliphatic rings. The summed E-state index contributed by atoms with van der Waals surface area (Å²) in [5, 5.41) is 3.27. The minimum Gasteiger partial charge on any atom is -0.376 e. The van der Waals surface area contributed by atoms with Gasteiger partial charge in [0.15, 0.2) is 0 Å². The van der Waals surface area contributed by atoms with Gasteiger partial charge in [0, 0.05) is 4.47 Å². The first kappa shape index (κ1) is 14.1. The summed E-state index contributed by atoms with van der Waals surface area (Å²) in [6.45, 7) is 3.98. The molecule has 0 spiro atoms. The predicted octanol–water partition coefficient (Wildman–Crippen LogP) is 5.46. The van der Waals surface area contributed by atoms with Crippen LogP contribution in [-0.4, -0.2) is 0 Å². The average Bonchev–Trinajstić information content (AvgIpc) is 2.39. The van der Waals surface area contributed by atoms with Crippen molar-refractivity contribution >= 4 is 21.6 Å². The molecular formula is C16H17BrFN. The van der Waals surface area contributed by atoms with Crippen molar-refractivity contribution in [2.75, 3.05) is 5.32 Å². The maximum absolute atomic E-state index is 13.9. The van der Waals surface area contributed by atoms with Gasteiger partial charge in [-0.05, 0) is 48.7 Å². The Kier molecular flexibility index (Phi) is 4.59. The van der Waals surface area contributed by atoms with E-state index in [2.05, 4.69) is 40.3 Å². The van der Waals surface area contributed by atoms with Crippen molar-refractivity contribution in [1.29, 1.82) is 0 Å². The summed E-state index contributed by atoms with van der Waals surface area (Å²) in [5.74, 6) is -0.199. The van der Waals surface area contributed by atoms with Gasteiger partial charge in [0.25, 0.3) is 0 Å². The third-order valence-electron chi connectivity index (χ3n) is 3.13. The highest BCUT2D eigenvalue weighted by atomic mass is 79.9. The molecule has 0 radical (unpaired) electrons. The number of benzene rings is 2. The normalized spacial score (nSPS) is 12.2. The van der Waals surface area contributed by atoms with Crippen molar-refractivity contribution in [3.05, 3.63) is 63.9 Å². The first-order valence-corrected chi connectivity index (χ1v) is 7.17. The molecule has 1 N–H and O–H groups in total. The Bertz CT molecular complexity index is 551. The van der Waals surface area contributed by atoms with Crippen LogP contribution in [0.3, 0.4) is 0 Å². The third-order valence-corrected chi connectivity index (χ3v) is 3.66. The van der Waals surface area contributed by atoms with Crippen LogP contribution in [-0.2, 0) is 0 Å². The van der Waals surface area contributed by atoms with Gasteiger partial charge in [-0.2, -0.15) is 0 Å². The molecule has 2 rings (SSSR count). The van der Waals surface area contributed by atoms with Gasteiger partial charge in [0.2, 0.25) is 0 Å². The van der Waals surface area contributed by atoms with Crippen molar-refractivity contribution < 1.29 is 4.39 Å². The van der Waals surface area contributed by atoms with E-state index in [0.29, 0.717) is 5.69 Å². The molecule has 2 aromatic carbocycles. The second kappa shape index (κ2) is 6.20. The van der Waals surface area contributed by atoms with Gasteiger partial charge in [-0.25, -0.2) is 4.39 Å². The van der Waals surface area contributed by atoms with E-state index in [1.807, 2.05) is 25.1 Å². The molecule has 0 saturated heterocycles. The molecule has 1 unspecified atom stereocenters. The molecule has 1 nitrogen and oxygen atoms in total. The van der Waals surface area contributed by atoms with E-state index >= 15 is 0 Å². The molecule has 1 atom stereocenters. The Hall–Kier alpha value is -1.35. The summed E-state index contributed by atoms with van der Waals surface area (Å²) in [5.41, 5.74) is 2.64. The van der Waals surface area contributed by atoms with E-state index in [-0.39, 0.29) is 11.9 Å². The predicted molar refractivity (Wildman–Crippen MR) is 81.9 cm³/mol. The zero-order chi connectivity index (χ0) is 13.8. The zero-order valence-corrected chi connectivity index (χ0v) is 12.7. The van der Waals surface area contributed by atoms with Crippen molar-refractivity contribution in [2.24, 2.45) is 0 Å². The highest BCUT2D eigenvalue weighted by Gasteiger charge is 2.11. The Morgan fingerprint density at radius 3 is 2.42 bits per heavy atom. The quantitative estimate of drug-likeness (QED) is 0.788. The lowest BCUT2D eigenvalue weighted by Crippen LogP contribution is -2.10. The monoisotopic (exact) mass is 321 g/mol. The molecule has 3 heteroatoms. The van der Waals surface area contributed by atoms with Gasteiger partial charge in [-0.1, -0.05) is 41.1 Å². The van der Waals surface area contributed by atoms with E-state index < -0.39 is 0 Å². The highest BCUT2D eigenvalue weighted by molar-refractivity contribution is 9.10. The summed E-state index contributed by atoms with van der Waals surface area (Å²) < 4.78 is 14.9. The number of nitrogens with one attached hydrogen (secondary N) is 1. The molecule has 0 heterocycles.